The van der Waals surface area contributed by atoms with Crippen LogP contribution in [0.4, 0.5) is 15.9 Å². The highest BCUT2D eigenvalue weighted by molar-refractivity contribution is 6.05. The van der Waals surface area contributed by atoms with Crippen LogP contribution < -0.4 is 11.1 Å². The number of aromatic amines is 2. The van der Waals surface area contributed by atoms with E-state index in [4.69, 9.17) is 5.73 Å². The fourth-order valence-electron chi connectivity index (χ4n) is 3.72. The maximum absolute atomic E-state index is 12.2. The second-order valence-electron chi connectivity index (χ2n) is 8.26. The summed E-state index contributed by atoms with van der Waals surface area (Å²) in [6.07, 6.45) is 8.37. The van der Waals surface area contributed by atoms with Gasteiger partial charge in [0.05, 0.1) is 5.69 Å². The highest BCUT2D eigenvalue weighted by Gasteiger charge is 2.26. The van der Waals surface area contributed by atoms with Gasteiger partial charge in [-0.25, -0.2) is 9.98 Å². The molecule has 2 aliphatic rings. The number of amidine groups is 1. The average Bonchev–Trinajstić information content (AvgIpc) is 3.19. The molecule has 1 saturated heterocycles. The van der Waals surface area contributed by atoms with Crippen molar-refractivity contribution in [2.75, 3.05) is 11.9 Å². The monoisotopic (exact) mass is 465 g/mol. The largest absolute Gasteiger partial charge is 0.369 e. The maximum Gasteiger partial charge on any atom is 0.214 e. The zero-order valence-corrected chi connectivity index (χ0v) is 18.9. The second kappa shape index (κ2) is 10.7. The first kappa shape index (κ1) is 23.1. The van der Waals surface area contributed by atoms with Gasteiger partial charge >= 0.3 is 0 Å². The molecule has 34 heavy (non-hydrogen) atoms. The van der Waals surface area contributed by atoms with Crippen molar-refractivity contribution in [1.82, 2.24) is 25.1 Å². The Labute approximate surface area is 196 Å². The van der Waals surface area contributed by atoms with E-state index < -0.39 is 5.95 Å². The van der Waals surface area contributed by atoms with Crippen LogP contribution in [0.5, 0.6) is 0 Å². The SMILES string of the molecule is C[C@H]1CCCN1C(N)=NC(=Nc1cc(C2CC2)[nH]n1)c1ccc[nH]1.O=CNc1ccnc(F)c1. The van der Waals surface area contributed by atoms with E-state index in [-0.39, 0.29) is 0 Å². The van der Waals surface area contributed by atoms with Gasteiger partial charge in [-0.3, -0.25) is 9.89 Å². The van der Waals surface area contributed by atoms with Gasteiger partial charge in [-0.2, -0.15) is 14.5 Å². The van der Waals surface area contributed by atoms with Crippen molar-refractivity contribution in [3.05, 3.63) is 60.1 Å². The molecule has 0 unspecified atom stereocenters. The molecule has 1 aliphatic carbocycles. The first-order chi connectivity index (χ1) is 16.5. The number of nitrogens with zero attached hydrogens (tertiary/aromatic N) is 5. The number of halogens is 1. The summed E-state index contributed by atoms with van der Waals surface area (Å²) in [5.41, 5.74) is 8.64. The van der Waals surface area contributed by atoms with Gasteiger partial charge in [0.25, 0.3) is 0 Å². The van der Waals surface area contributed by atoms with Crippen molar-refractivity contribution in [1.29, 1.82) is 0 Å². The Morgan fingerprint density at radius 2 is 2.18 bits per heavy atom. The summed E-state index contributed by atoms with van der Waals surface area (Å²) in [5, 5.41) is 9.66. The van der Waals surface area contributed by atoms with E-state index in [9.17, 15) is 9.18 Å². The van der Waals surface area contributed by atoms with Gasteiger partial charge in [0.2, 0.25) is 12.4 Å². The van der Waals surface area contributed by atoms with Crippen LogP contribution in [0, 0.1) is 5.95 Å². The summed E-state index contributed by atoms with van der Waals surface area (Å²) in [6, 6.07) is 8.93. The number of anilines is 1. The van der Waals surface area contributed by atoms with Crippen LogP contribution in [-0.4, -0.2) is 55.9 Å². The molecule has 1 atom stereocenters. The molecule has 2 fully saturated rings. The lowest BCUT2D eigenvalue weighted by molar-refractivity contribution is -0.105. The fourth-order valence-corrected chi connectivity index (χ4v) is 3.72. The minimum absolute atomic E-state index is 0.405. The Bertz CT molecular complexity index is 1150. The first-order valence-electron chi connectivity index (χ1n) is 11.2. The number of guanidine groups is 1. The molecular formula is C23H28FN9O. The normalized spacial score (nSPS) is 18.4. The number of carbonyl (C=O) groups is 1. The van der Waals surface area contributed by atoms with Crippen LogP contribution in [-0.2, 0) is 4.79 Å². The standard InChI is InChI=1S/C17H23N7.C6H5FN2O/c1-11-4-3-9-24(11)17(18)21-16(13-5-2-8-19-13)20-15-10-14(22-23-15)12-6-7-12;7-6-3-5(9-4-10)1-2-8-6/h2,5,8,10-12,19H,3-4,6-7,9H2,1H3,(H3,18,20,21,22,23);1-4H,(H,8,9,10)/t11-;/m0./s1. The summed E-state index contributed by atoms with van der Waals surface area (Å²) in [6.45, 7) is 3.12. The first-order valence-corrected chi connectivity index (χ1v) is 11.2. The van der Waals surface area contributed by atoms with Gasteiger partial charge in [-0.1, -0.05) is 0 Å². The van der Waals surface area contributed by atoms with Crippen LogP contribution in [0.3, 0.4) is 0 Å². The van der Waals surface area contributed by atoms with Crippen molar-refractivity contribution in [3.8, 4) is 0 Å². The zero-order valence-electron chi connectivity index (χ0n) is 18.9. The number of pyridine rings is 1. The average molecular weight is 466 g/mol. The topological polar surface area (TPSA) is 140 Å². The number of hydrogen-bond acceptors (Lipinski definition) is 4. The van der Waals surface area contributed by atoms with Crippen LogP contribution in [0.1, 0.15) is 49.9 Å². The molecule has 4 heterocycles. The third-order valence-electron chi connectivity index (χ3n) is 5.68. The zero-order chi connectivity index (χ0) is 23.9. The number of carbonyl (C=O) groups excluding carboxylic acids is 1. The molecule has 1 saturated carbocycles. The number of hydrogen-bond donors (Lipinski definition) is 4. The molecule has 5 N–H and O–H groups in total. The quantitative estimate of drug-likeness (QED) is 0.198. The maximum atomic E-state index is 12.2. The molecule has 1 aliphatic heterocycles. The van der Waals surface area contributed by atoms with Gasteiger partial charge in [0.15, 0.2) is 17.6 Å². The summed E-state index contributed by atoms with van der Waals surface area (Å²) in [7, 11) is 0. The lowest BCUT2D eigenvalue weighted by atomic mass is 10.2. The van der Waals surface area contributed by atoms with E-state index in [0.29, 0.717) is 41.7 Å². The Morgan fingerprint density at radius 3 is 2.82 bits per heavy atom. The number of nitrogens with two attached hydrogens (primary N) is 1. The van der Waals surface area contributed by atoms with Crippen molar-refractivity contribution in [3.63, 3.8) is 0 Å². The van der Waals surface area contributed by atoms with Crippen LogP contribution in [0.15, 0.2) is 52.7 Å². The Kier molecular flexibility index (Phi) is 7.31. The van der Waals surface area contributed by atoms with Crippen molar-refractivity contribution in [2.24, 2.45) is 15.7 Å². The number of rotatable bonds is 5. The molecule has 3 aromatic rings. The number of aromatic nitrogens is 4. The van der Waals surface area contributed by atoms with E-state index >= 15 is 0 Å². The van der Waals surface area contributed by atoms with Gasteiger partial charge in [-0.15, -0.1) is 0 Å². The summed E-state index contributed by atoms with van der Waals surface area (Å²) < 4.78 is 12.2. The minimum atomic E-state index is -0.605. The summed E-state index contributed by atoms with van der Waals surface area (Å²) in [4.78, 5) is 27.6. The molecule has 10 nitrogen and oxygen atoms in total. The van der Waals surface area contributed by atoms with Gasteiger partial charge < -0.3 is 20.9 Å². The lowest BCUT2D eigenvalue weighted by Gasteiger charge is -2.22. The van der Waals surface area contributed by atoms with Crippen molar-refractivity contribution in [2.45, 2.75) is 44.6 Å². The molecule has 1 amide bonds. The van der Waals surface area contributed by atoms with E-state index in [1.54, 1.807) is 0 Å². The number of amides is 1. The highest BCUT2D eigenvalue weighted by atomic mass is 19.1. The summed E-state index contributed by atoms with van der Waals surface area (Å²) >= 11 is 0. The second-order valence-corrected chi connectivity index (χ2v) is 8.26. The van der Waals surface area contributed by atoms with Crippen molar-refractivity contribution < 1.29 is 9.18 Å². The van der Waals surface area contributed by atoms with E-state index in [1.807, 2.05) is 24.4 Å². The molecule has 0 bridgehead atoms. The third kappa shape index (κ3) is 6.06. The van der Waals surface area contributed by atoms with Crippen LogP contribution in [0.25, 0.3) is 0 Å². The predicted molar refractivity (Wildman–Crippen MR) is 128 cm³/mol. The Hall–Kier alpha value is -4.02. The van der Waals surface area contributed by atoms with Gasteiger partial charge in [0.1, 0.15) is 0 Å². The van der Waals surface area contributed by atoms with Crippen LogP contribution in [0.2, 0.25) is 0 Å². The molecule has 11 heteroatoms. The number of H-pyrrole nitrogens is 2. The molecule has 5 rings (SSSR count). The van der Waals surface area contributed by atoms with Crippen LogP contribution >= 0.6 is 0 Å². The lowest BCUT2D eigenvalue weighted by Crippen LogP contribution is -2.40. The van der Waals surface area contributed by atoms with Gasteiger partial charge in [-0.05, 0) is 50.8 Å². The number of nitrogens with one attached hydrogen (secondary N) is 3. The van der Waals surface area contributed by atoms with Crippen molar-refractivity contribution >= 4 is 29.7 Å². The molecule has 3 aromatic heterocycles. The third-order valence-corrected chi connectivity index (χ3v) is 5.68. The fraction of sp³-hybridized carbons (Fsp3) is 0.348. The van der Waals surface area contributed by atoms with E-state index in [2.05, 4.69) is 47.3 Å². The number of likely N-dealkylation sites (tertiary alicyclic amines) is 1. The van der Waals surface area contributed by atoms with E-state index in [0.717, 1.165) is 36.8 Å². The molecule has 0 aromatic carbocycles. The Balaban J connectivity index is 0.000000231. The van der Waals surface area contributed by atoms with E-state index in [1.165, 1.54) is 25.1 Å². The molecule has 178 valence electrons. The highest BCUT2D eigenvalue weighted by Crippen LogP contribution is 2.39. The summed E-state index contributed by atoms with van der Waals surface area (Å²) in [5.74, 6) is 1.74. The predicted octanol–water partition coefficient (Wildman–Crippen LogP) is 3.28. The smallest absolute Gasteiger partial charge is 0.214 e. The number of aliphatic imine (C=N–C) groups is 2. The molecule has 0 radical (unpaired) electrons. The minimum Gasteiger partial charge on any atom is -0.369 e. The molecular weight excluding hydrogens is 437 g/mol. The van der Waals surface area contributed by atoms with Gasteiger partial charge in [0, 0.05) is 54.4 Å². The molecule has 0 spiro atoms. The Morgan fingerprint density at radius 1 is 1.32 bits per heavy atom.